The molecule has 0 spiro atoms. The second kappa shape index (κ2) is 14.1. The molecule has 1 aromatic carbocycles. The summed E-state index contributed by atoms with van der Waals surface area (Å²) in [6, 6.07) is 5.25. The Balaban J connectivity index is 2.12. The minimum atomic E-state index is -1.19. The molecule has 1 aromatic heterocycles. The minimum Gasteiger partial charge on any atom is -0.480 e. The van der Waals surface area contributed by atoms with Crippen LogP contribution in [0.2, 0.25) is 0 Å². The highest BCUT2D eigenvalue weighted by Gasteiger charge is 2.29. The van der Waals surface area contributed by atoms with Gasteiger partial charge in [0.2, 0.25) is 17.7 Å². The van der Waals surface area contributed by atoms with E-state index in [1.165, 1.54) is 31.2 Å². The summed E-state index contributed by atoms with van der Waals surface area (Å²) in [6.45, 7) is 1.34. The first-order valence-corrected chi connectivity index (χ1v) is 12.5. The van der Waals surface area contributed by atoms with E-state index in [2.05, 4.69) is 25.9 Å². The molecule has 4 unspecified atom stereocenters. The Kier molecular flexibility index (Phi) is 11.2. The fourth-order valence-electron chi connectivity index (χ4n) is 3.22. The third-order valence-electron chi connectivity index (χ3n) is 5.22. The third-order valence-corrected chi connectivity index (χ3v) is 5.86. The van der Waals surface area contributed by atoms with Gasteiger partial charge in [-0.2, -0.15) is 11.8 Å². The van der Waals surface area contributed by atoms with Gasteiger partial charge in [-0.3, -0.25) is 19.2 Å². The lowest BCUT2D eigenvalue weighted by molar-refractivity contribution is -0.141. The van der Waals surface area contributed by atoms with Gasteiger partial charge in [0.15, 0.2) is 0 Å². The Morgan fingerprint density at radius 2 is 1.69 bits per heavy atom. The molecule has 0 aliphatic rings. The Morgan fingerprint density at radius 1 is 1.03 bits per heavy atom. The largest absolute Gasteiger partial charge is 0.480 e. The van der Waals surface area contributed by atoms with Gasteiger partial charge in [-0.05, 0) is 37.3 Å². The van der Waals surface area contributed by atoms with Crippen molar-refractivity contribution in [1.82, 2.24) is 25.9 Å². The zero-order valence-electron chi connectivity index (χ0n) is 19.7. The number of aromatic nitrogens is 2. The molecular weight excluding hydrogens is 472 g/mol. The molecule has 7 N–H and O–H groups in total. The first-order valence-electron chi connectivity index (χ1n) is 11.1. The predicted octanol–water partition coefficient (Wildman–Crippen LogP) is -0.166. The smallest absolute Gasteiger partial charge is 0.325 e. The SMILES string of the molecule is CSCCC(NC(=O)C(Cc1cnc[nH]1)NC(=O)C(N)Cc1ccccc1)C(=O)NC(C)C(=O)O. The maximum absolute atomic E-state index is 13.2. The number of amides is 3. The number of benzene rings is 1. The van der Waals surface area contributed by atoms with Crippen LogP contribution in [0.25, 0.3) is 0 Å². The van der Waals surface area contributed by atoms with Gasteiger partial charge in [-0.25, -0.2) is 4.98 Å². The van der Waals surface area contributed by atoms with Crippen molar-refractivity contribution in [3.05, 3.63) is 54.1 Å². The molecule has 0 aliphatic carbocycles. The van der Waals surface area contributed by atoms with E-state index in [9.17, 15) is 19.2 Å². The number of hydrogen-bond acceptors (Lipinski definition) is 7. The highest BCUT2D eigenvalue weighted by molar-refractivity contribution is 7.98. The van der Waals surface area contributed by atoms with Crippen molar-refractivity contribution in [3.63, 3.8) is 0 Å². The van der Waals surface area contributed by atoms with E-state index < -0.39 is 47.9 Å². The van der Waals surface area contributed by atoms with Crippen molar-refractivity contribution in [2.24, 2.45) is 5.73 Å². The highest BCUT2D eigenvalue weighted by atomic mass is 32.2. The van der Waals surface area contributed by atoms with Gasteiger partial charge in [0.1, 0.15) is 18.1 Å². The monoisotopic (exact) mass is 504 g/mol. The molecule has 4 atom stereocenters. The normalized spacial score (nSPS) is 14.3. The molecule has 0 aliphatic heterocycles. The van der Waals surface area contributed by atoms with Gasteiger partial charge in [0.05, 0.1) is 12.4 Å². The van der Waals surface area contributed by atoms with E-state index in [0.29, 0.717) is 11.4 Å². The van der Waals surface area contributed by atoms with Crippen molar-refractivity contribution in [3.8, 4) is 0 Å². The van der Waals surface area contributed by atoms with Gasteiger partial charge in [0.25, 0.3) is 0 Å². The van der Waals surface area contributed by atoms with Crippen LogP contribution in [0, 0.1) is 0 Å². The number of H-pyrrole nitrogens is 1. The Hall–Kier alpha value is -3.38. The molecule has 2 aromatic rings. The molecule has 0 bridgehead atoms. The number of carboxylic acids is 1. The number of carbonyl (C=O) groups excluding carboxylic acids is 3. The lowest BCUT2D eigenvalue weighted by atomic mass is 10.0. The van der Waals surface area contributed by atoms with E-state index in [-0.39, 0.29) is 19.3 Å². The van der Waals surface area contributed by atoms with Crippen LogP contribution in [0.4, 0.5) is 0 Å². The topological polar surface area (TPSA) is 179 Å². The van der Waals surface area contributed by atoms with E-state index in [1.54, 1.807) is 0 Å². The fraction of sp³-hybridized carbons (Fsp3) is 0.435. The summed E-state index contributed by atoms with van der Waals surface area (Å²) >= 11 is 1.48. The van der Waals surface area contributed by atoms with Crippen molar-refractivity contribution >= 4 is 35.5 Å². The predicted molar refractivity (Wildman–Crippen MR) is 133 cm³/mol. The Labute approximate surface area is 208 Å². The van der Waals surface area contributed by atoms with Crippen LogP contribution in [0.3, 0.4) is 0 Å². The zero-order chi connectivity index (χ0) is 25.8. The van der Waals surface area contributed by atoms with Crippen molar-refractivity contribution in [2.75, 3.05) is 12.0 Å². The van der Waals surface area contributed by atoms with Crippen LogP contribution in [-0.4, -0.2) is 74.9 Å². The number of aromatic amines is 1. The van der Waals surface area contributed by atoms with Gasteiger partial charge < -0.3 is 31.8 Å². The molecule has 0 saturated carbocycles. The highest BCUT2D eigenvalue weighted by Crippen LogP contribution is 2.06. The quantitative estimate of drug-likeness (QED) is 0.205. The van der Waals surface area contributed by atoms with Crippen LogP contribution in [0.1, 0.15) is 24.6 Å². The van der Waals surface area contributed by atoms with Crippen LogP contribution >= 0.6 is 11.8 Å². The summed E-state index contributed by atoms with van der Waals surface area (Å²) in [6.07, 6.45) is 5.50. The van der Waals surface area contributed by atoms with Gasteiger partial charge in [0, 0.05) is 18.3 Å². The molecule has 2 rings (SSSR count). The first kappa shape index (κ1) is 27.9. The average molecular weight is 505 g/mol. The Morgan fingerprint density at radius 3 is 2.29 bits per heavy atom. The number of rotatable bonds is 14. The molecule has 11 nitrogen and oxygen atoms in total. The second-order valence-corrected chi connectivity index (χ2v) is 9.04. The standard InChI is InChI=1S/C23H32N6O5S/c1-14(23(33)34)27-21(31)18(8-9-35-2)28-22(32)19(11-16-12-25-13-26-16)29-20(30)17(24)10-15-6-4-3-5-7-15/h3-7,12-14,17-19H,8-11,24H2,1-2H3,(H,25,26)(H,27,31)(H,28,32)(H,29,30)(H,33,34). The lowest BCUT2D eigenvalue weighted by Gasteiger charge is -2.24. The molecular formula is C23H32N6O5S. The maximum atomic E-state index is 13.2. The summed E-state index contributed by atoms with van der Waals surface area (Å²) in [5, 5.41) is 16.8. The van der Waals surface area contributed by atoms with E-state index in [1.807, 2.05) is 36.6 Å². The van der Waals surface area contributed by atoms with Crippen LogP contribution < -0.4 is 21.7 Å². The van der Waals surface area contributed by atoms with Crippen molar-refractivity contribution < 1.29 is 24.3 Å². The number of thioether (sulfide) groups is 1. The van der Waals surface area contributed by atoms with Crippen LogP contribution in [0.15, 0.2) is 42.9 Å². The fourth-order valence-corrected chi connectivity index (χ4v) is 3.69. The molecule has 35 heavy (non-hydrogen) atoms. The second-order valence-electron chi connectivity index (χ2n) is 8.05. The molecule has 190 valence electrons. The van der Waals surface area contributed by atoms with Gasteiger partial charge in [-0.15, -0.1) is 0 Å². The molecule has 0 radical (unpaired) electrons. The number of imidazole rings is 1. The minimum absolute atomic E-state index is 0.0953. The summed E-state index contributed by atoms with van der Waals surface area (Å²) < 4.78 is 0. The Bertz CT molecular complexity index is 972. The molecule has 1 heterocycles. The van der Waals surface area contributed by atoms with Crippen LogP contribution in [-0.2, 0) is 32.0 Å². The summed E-state index contributed by atoms with van der Waals surface area (Å²) in [5.41, 5.74) is 7.57. The maximum Gasteiger partial charge on any atom is 0.325 e. The molecule has 0 saturated heterocycles. The zero-order valence-corrected chi connectivity index (χ0v) is 20.5. The number of carboxylic acid groups (broad SMARTS) is 1. The van der Waals surface area contributed by atoms with E-state index in [4.69, 9.17) is 10.8 Å². The summed E-state index contributed by atoms with van der Waals surface area (Å²) in [5.74, 6) is -2.36. The van der Waals surface area contributed by atoms with Gasteiger partial charge in [-0.1, -0.05) is 30.3 Å². The summed E-state index contributed by atoms with van der Waals surface area (Å²) in [4.78, 5) is 56.6. The van der Waals surface area contributed by atoms with Gasteiger partial charge >= 0.3 is 5.97 Å². The van der Waals surface area contributed by atoms with Crippen molar-refractivity contribution in [1.29, 1.82) is 0 Å². The molecule has 12 heteroatoms. The number of carbonyl (C=O) groups is 4. The average Bonchev–Trinajstić information content (AvgIpc) is 3.34. The van der Waals surface area contributed by atoms with Crippen LogP contribution in [0.5, 0.6) is 0 Å². The molecule has 0 fully saturated rings. The summed E-state index contributed by atoms with van der Waals surface area (Å²) in [7, 11) is 0. The molecule has 3 amide bonds. The lowest BCUT2D eigenvalue weighted by Crippen LogP contribution is -2.57. The third kappa shape index (κ3) is 9.41. The number of aliphatic carboxylic acids is 1. The van der Waals surface area contributed by atoms with Crippen molar-refractivity contribution in [2.45, 2.75) is 50.4 Å². The number of hydrogen-bond donors (Lipinski definition) is 6. The van der Waals surface area contributed by atoms with E-state index in [0.717, 1.165) is 5.56 Å². The first-order chi connectivity index (χ1) is 16.7. The number of nitrogens with two attached hydrogens (primary N) is 1. The number of nitrogens with one attached hydrogen (secondary N) is 4. The number of nitrogens with zero attached hydrogens (tertiary/aromatic N) is 1. The van der Waals surface area contributed by atoms with E-state index >= 15 is 0 Å².